The van der Waals surface area contributed by atoms with Crippen LogP contribution in [0.2, 0.25) is 0 Å². The molecule has 0 aliphatic rings. The number of aromatic nitrogens is 3. The molecule has 0 aliphatic heterocycles. The maximum absolute atomic E-state index is 11.4. The Balaban J connectivity index is 2.32. The Hall–Kier alpha value is -2.14. The van der Waals surface area contributed by atoms with Crippen molar-refractivity contribution in [1.29, 1.82) is 0 Å². The van der Waals surface area contributed by atoms with Crippen molar-refractivity contribution in [2.24, 2.45) is 0 Å². The van der Waals surface area contributed by atoms with Gasteiger partial charge in [-0.1, -0.05) is 29.5 Å². The van der Waals surface area contributed by atoms with E-state index in [0.717, 1.165) is 28.3 Å². The van der Waals surface area contributed by atoms with Crippen molar-refractivity contribution in [2.75, 3.05) is 0 Å². The van der Waals surface area contributed by atoms with Gasteiger partial charge >= 0.3 is 0 Å². The highest BCUT2D eigenvalue weighted by Gasteiger charge is 2.25. The predicted molar refractivity (Wildman–Crippen MR) is 99.1 cm³/mol. The van der Waals surface area contributed by atoms with Gasteiger partial charge in [-0.05, 0) is 57.9 Å². The summed E-state index contributed by atoms with van der Waals surface area (Å²) in [6.45, 7) is 10.1. The number of thioether (sulfide) groups is 1. The van der Waals surface area contributed by atoms with Crippen LogP contribution in [0.4, 0.5) is 0 Å². The molecule has 0 aliphatic carbocycles. The maximum Gasteiger partial charge on any atom is 0.175 e. The molecule has 1 aromatic carbocycles. The lowest BCUT2D eigenvalue weighted by molar-refractivity contribution is -0.109. The van der Waals surface area contributed by atoms with Crippen molar-refractivity contribution in [1.82, 2.24) is 14.5 Å². The third kappa shape index (κ3) is 2.96. The molecule has 0 spiro atoms. The molecular weight excluding hydrogens is 318 g/mol. The minimum atomic E-state index is -0.550. The number of benzene rings is 1. The standard InChI is InChI=1S/C19H21N3OS/c1-12-9-13(2)16(14(3)10-12)22-17-15(7-6-8-20-17)21-18(22)24-19(4,5)11-23/h6-11H,1-5H3. The van der Waals surface area contributed by atoms with E-state index >= 15 is 0 Å². The fourth-order valence-corrected chi connectivity index (χ4v) is 3.88. The third-order valence-electron chi connectivity index (χ3n) is 3.88. The molecular formula is C19H21N3OS. The van der Waals surface area contributed by atoms with Crippen LogP contribution in [0.5, 0.6) is 0 Å². The van der Waals surface area contributed by atoms with Crippen LogP contribution in [0.1, 0.15) is 30.5 Å². The highest BCUT2D eigenvalue weighted by atomic mass is 32.2. The Morgan fingerprint density at radius 3 is 2.46 bits per heavy atom. The number of rotatable bonds is 4. The minimum absolute atomic E-state index is 0.550. The van der Waals surface area contributed by atoms with Crippen molar-refractivity contribution in [3.05, 3.63) is 47.2 Å². The van der Waals surface area contributed by atoms with Gasteiger partial charge in [-0.25, -0.2) is 9.97 Å². The monoisotopic (exact) mass is 339 g/mol. The molecule has 0 atom stereocenters. The van der Waals surface area contributed by atoms with Gasteiger partial charge < -0.3 is 4.79 Å². The second-order valence-corrected chi connectivity index (χ2v) is 8.27. The van der Waals surface area contributed by atoms with Gasteiger partial charge in [0, 0.05) is 6.20 Å². The van der Waals surface area contributed by atoms with E-state index in [-0.39, 0.29) is 0 Å². The van der Waals surface area contributed by atoms with E-state index in [9.17, 15) is 4.79 Å². The summed E-state index contributed by atoms with van der Waals surface area (Å²) in [6, 6.07) is 8.16. The Morgan fingerprint density at radius 2 is 1.83 bits per heavy atom. The molecule has 124 valence electrons. The average molecular weight is 339 g/mol. The quantitative estimate of drug-likeness (QED) is 0.521. The average Bonchev–Trinajstić information content (AvgIpc) is 2.84. The van der Waals surface area contributed by atoms with Crippen molar-refractivity contribution < 1.29 is 4.79 Å². The molecule has 24 heavy (non-hydrogen) atoms. The number of aryl methyl sites for hydroxylation is 3. The summed E-state index contributed by atoms with van der Waals surface area (Å²) < 4.78 is 1.53. The van der Waals surface area contributed by atoms with E-state index < -0.39 is 4.75 Å². The second kappa shape index (κ2) is 6.06. The zero-order chi connectivity index (χ0) is 17.5. The van der Waals surface area contributed by atoms with Gasteiger partial charge in [-0.3, -0.25) is 4.57 Å². The molecule has 2 heterocycles. The first-order chi connectivity index (χ1) is 11.3. The molecule has 0 bridgehead atoms. The lowest BCUT2D eigenvalue weighted by atomic mass is 10.1. The first-order valence-electron chi connectivity index (χ1n) is 7.89. The van der Waals surface area contributed by atoms with Crippen LogP contribution in [-0.4, -0.2) is 25.6 Å². The van der Waals surface area contributed by atoms with Crippen LogP contribution in [0.3, 0.4) is 0 Å². The molecule has 3 rings (SSSR count). The SMILES string of the molecule is Cc1cc(C)c(-n2c(SC(C)(C)C=O)nc3cccnc32)c(C)c1. The summed E-state index contributed by atoms with van der Waals surface area (Å²) in [4.78, 5) is 20.7. The van der Waals surface area contributed by atoms with Crippen molar-refractivity contribution >= 4 is 29.2 Å². The zero-order valence-corrected chi connectivity index (χ0v) is 15.4. The summed E-state index contributed by atoms with van der Waals surface area (Å²) in [5.41, 5.74) is 6.31. The number of hydrogen-bond donors (Lipinski definition) is 0. The van der Waals surface area contributed by atoms with Crippen molar-refractivity contribution in [2.45, 2.75) is 44.5 Å². The molecule has 4 nitrogen and oxygen atoms in total. The molecule has 0 unspecified atom stereocenters. The number of hydrogen-bond acceptors (Lipinski definition) is 4. The molecule has 5 heteroatoms. The van der Waals surface area contributed by atoms with Gasteiger partial charge in [0.15, 0.2) is 10.8 Å². The minimum Gasteiger partial charge on any atom is -0.302 e. The number of fused-ring (bicyclic) bond motifs is 1. The Kier molecular flexibility index (Phi) is 4.22. The first-order valence-corrected chi connectivity index (χ1v) is 8.71. The summed E-state index contributed by atoms with van der Waals surface area (Å²) in [7, 11) is 0. The molecule has 0 N–H and O–H groups in total. The first kappa shape index (κ1) is 16.7. The second-order valence-electron chi connectivity index (χ2n) is 6.65. The van der Waals surface area contributed by atoms with Crippen molar-refractivity contribution in [3.8, 4) is 5.69 Å². The highest BCUT2D eigenvalue weighted by molar-refractivity contribution is 8.01. The number of aldehydes is 1. The lowest BCUT2D eigenvalue weighted by Gasteiger charge is -2.19. The van der Waals surface area contributed by atoms with Gasteiger partial charge in [0.2, 0.25) is 0 Å². The van der Waals surface area contributed by atoms with E-state index in [1.54, 1.807) is 6.20 Å². The van der Waals surface area contributed by atoms with Gasteiger partial charge in [0.25, 0.3) is 0 Å². The zero-order valence-electron chi connectivity index (χ0n) is 14.6. The molecule has 0 radical (unpaired) electrons. The van der Waals surface area contributed by atoms with Gasteiger partial charge in [0.05, 0.1) is 10.4 Å². The molecule has 0 amide bonds. The van der Waals surface area contributed by atoms with Crippen LogP contribution >= 0.6 is 11.8 Å². The Bertz CT molecular complexity index is 905. The smallest absolute Gasteiger partial charge is 0.175 e. The maximum atomic E-state index is 11.4. The molecule has 2 aromatic heterocycles. The largest absolute Gasteiger partial charge is 0.302 e. The van der Waals surface area contributed by atoms with Crippen LogP contribution in [0, 0.1) is 20.8 Å². The molecule has 0 fully saturated rings. The topological polar surface area (TPSA) is 47.8 Å². The van der Waals surface area contributed by atoms with Crippen LogP contribution < -0.4 is 0 Å². The van der Waals surface area contributed by atoms with Crippen LogP contribution in [-0.2, 0) is 4.79 Å². The summed E-state index contributed by atoms with van der Waals surface area (Å²) in [5.74, 6) is 0. The lowest BCUT2D eigenvalue weighted by Crippen LogP contribution is -2.17. The van der Waals surface area contributed by atoms with E-state index in [1.807, 2.05) is 26.0 Å². The van der Waals surface area contributed by atoms with E-state index in [0.29, 0.717) is 0 Å². The number of carbonyl (C=O) groups excluding carboxylic acids is 1. The fourth-order valence-electron chi connectivity index (χ4n) is 2.95. The predicted octanol–water partition coefficient (Wildman–Crippen LogP) is 4.42. The van der Waals surface area contributed by atoms with Gasteiger partial charge in [-0.2, -0.15) is 0 Å². The summed E-state index contributed by atoms with van der Waals surface area (Å²) in [6.07, 6.45) is 2.74. The Morgan fingerprint density at radius 1 is 1.17 bits per heavy atom. The van der Waals surface area contributed by atoms with E-state index in [1.165, 1.54) is 28.5 Å². The molecule has 0 saturated heterocycles. The van der Waals surface area contributed by atoms with Gasteiger partial charge in [-0.15, -0.1) is 0 Å². The normalized spacial score (nSPS) is 11.9. The number of carbonyl (C=O) groups is 1. The van der Waals surface area contributed by atoms with E-state index in [2.05, 4.69) is 42.5 Å². The number of imidazole rings is 1. The van der Waals surface area contributed by atoms with Crippen LogP contribution in [0.25, 0.3) is 16.9 Å². The third-order valence-corrected chi connectivity index (χ3v) is 4.96. The number of nitrogens with zero attached hydrogens (tertiary/aromatic N) is 3. The van der Waals surface area contributed by atoms with E-state index in [4.69, 9.17) is 4.98 Å². The Labute approximate surface area is 146 Å². The highest BCUT2D eigenvalue weighted by Crippen LogP contribution is 2.36. The fraction of sp³-hybridized carbons (Fsp3) is 0.316. The van der Waals surface area contributed by atoms with Gasteiger partial charge in [0.1, 0.15) is 11.8 Å². The van der Waals surface area contributed by atoms with Crippen molar-refractivity contribution in [3.63, 3.8) is 0 Å². The number of pyridine rings is 1. The molecule has 0 saturated carbocycles. The summed E-state index contributed by atoms with van der Waals surface area (Å²) in [5, 5.41) is 0.788. The van der Waals surface area contributed by atoms with Crippen LogP contribution in [0.15, 0.2) is 35.6 Å². The molecule has 3 aromatic rings. The summed E-state index contributed by atoms with van der Waals surface area (Å²) >= 11 is 1.46.